The van der Waals surface area contributed by atoms with E-state index in [0.717, 1.165) is 5.56 Å². The minimum absolute atomic E-state index is 0.347. The molecule has 0 saturated carbocycles. The summed E-state index contributed by atoms with van der Waals surface area (Å²) in [5.74, 6) is -1.40. The normalized spacial score (nSPS) is 16.3. The van der Waals surface area contributed by atoms with Crippen LogP contribution >= 0.6 is 11.3 Å². The van der Waals surface area contributed by atoms with Gasteiger partial charge in [0.25, 0.3) is 5.91 Å². The fourth-order valence-electron chi connectivity index (χ4n) is 3.90. The summed E-state index contributed by atoms with van der Waals surface area (Å²) in [7, 11) is 0. The van der Waals surface area contributed by atoms with Crippen molar-refractivity contribution in [2.24, 2.45) is 5.73 Å². The Bertz CT molecular complexity index is 1070. The molecule has 148 valence electrons. The highest BCUT2D eigenvalue weighted by atomic mass is 32.1. The molecule has 0 fully saturated rings. The molecule has 1 aliphatic carbocycles. The van der Waals surface area contributed by atoms with E-state index in [1.54, 1.807) is 36.8 Å². The zero-order chi connectivity index (χ0) is 20.5. The van der Waals surface area contributed by atoms with Crippen LogP contribution in [0.5, 0.6) is 0 Å². The number of hydrogen-bond donors (Lipinski definition) is 1. The lowest BCUT2D eigenvalue weighted by Gasteiger charge is -2.35. The van der Waals surface area contributed by atoms with Crippen LogP contribution in [0.2, 0.25) is 0 Å². The monoisotopic (exact) mass is 410 g/mol. The molecule has 0 saturated heterocycles. The lowest BCUT2D eigenvalue weighted by atomic mass is 10.00. The van der Waals surface area contributed by atoms with Gasteiger partial charge in [-0.3, -0.25) is 14.6 Å². The molecule has 29 heavy (non-hydrogen) atoms. The average molecular weight is 410 g/mol. The Kier molecular flexibility index (Phi) is 5.10. The molecule has 4 rings (SSSR count). The van der Waals surface area contributed by atoms with Gasteiger partial charge in [0.1, 0.15) is 16.7 Å². The molecule has 2 amide bonds. The van der Waals surface area contributed by atoms with E-state index >= 15 is 0 Å². The molecule has 3 aromatic rings. The number of benzene rings is 1. The number of primary amides is 1. The first-order chi connectivity index (χ1) is 14.0. The first-order valence-corrected chi connectivity index (χ1v) is 10.1. The van der Waals surface area contributed by atoms with Crippen molar-refractivity contribution < 1.29 is 14.0 Å². The number of aromatic nitrogens is 2. The van der Waals surface area contributed by atoms with Crippen LogP contribution in [0.1, 0.15) is 50.6 Å². The summed E-state index contributed by atoms with van der Waals surface area (Å²) in [6.45, 7) is 1.74. The topological polar surface area (TPSA) is 89.2 Å². The maximum Gasteiger partial charge on any atom is 0.267 e. The number of nitrogens with two attached hydrogens (primary N) is 1. The third-order valence-electron chi connectivity index (χ3n) is 5.21. The summed E-state index contributed by atoms with van der Waals surface area (Å²) in [5, 5.41) is 0. The van der Waals surface area contributed by atoms with E-state index in [9.17, 15) is 14.0 Å². The Morgan fingerprint density at radius 2 is 2.17 bits per heavy atom. The molecule has 1 aromatic carbocycles. The summed E-state index contributed by atoms with van der Waals surface area (Å²) in [6, 6.07) is 6.47. The zero-order valence-electron chi connectivity index (χ0n) is 15.7. The second-order valence-electron chi connectivity index (χ2n) is 6.97. The van der Waals surface area contributed by atoms with Crippen LogP contribution in [-0.4, -0.2) is 26.7 Å². The number of thiazole rings is 1. The van der Waals surface area contributed by atoms with Crippen molar-refractivity contribution in [3.63, 3.8) is 0 Å². The molecule has 2 atom stereocenters. The summed E-state index contributed by atoms with van der Waals surface area (Å²) >= 11 is 1.21. The number of aryl methyl sites for hydroxylation is 2. The highest BCUT2D eigenvalue weighted by Crippen LogP contribution is 2.41. The van der Waals surface area contributed by atoms with E-state index in [1.165, 1.54) is 34.6 Å². The predicted octanol–water partition coefficient (Wildman–Crippen LogP) is 3.34. The molecular weight excluding hydrogens is 391 g/mol. The Hall–Kier alpha value is -3.13. The van der Waals surface area contributed by atoms with Crippen molar-refractivity contribution in [3.8, 4) is 0 Å². The maximum absolute atomic E-state index is 14.0. The van der Waals surface area contributed by atoms with Gasteiger partial charge in [0, 0.05) is 18.0 Å². The van der Waals surface area contributed by atoms with Gasteiger partial charge >= 0.3 is 0 Å². The summed E-state index contributed by atoms with van der Waals surface area (Å²) in [4.78, 5) is 36.3. The Morgan fingerprint density at radius 3 is 2.83 bits per heavy atom. The Labute approximate surface area is 171 Å². The summed E-state index contributed by atoms with van der Waals surface area (Å²) in [5.41, 5.74) is 10.1. The lowest BCUT2D eigenvalue weighted by Crippen LogP contribution is -2.43. The number of halogens is 1. The van der Waals surface area contributed by atoms with Gasteiger partial charge in [0.05, 0.1) is 17.2 Å². The SMILES string of the molecule is Cc1ncsc1C(=O)N([C@@H]1CCc2ccc(F)cc21)[C@@H](C(N)=O)c1cccnc1. The quantitative estimate of drug-likeness (QED) is 0.699. The van der Waals surface area contributed by atoms with Gasteiger partial charge in [-0.2, -0.15) is 0 Å². The zero-order valence-corrected chi connectivity index (χ0v) is 16.5. The van der Waals surface area contributed by atoms with E-state index in [1.807, 2.05) is 0 Å². The van der Waals surface area contributed by atoms with Crippen LogP contribution in [0.25, 0.3) is 0 Å². The van der Waals surface area contributed by atoms with Crippen molar-refractivity contribution in [2.75, 3.05) is 0 Å². The number of carbonyl (C=O) groups excluding carboxylic acids is 2. The molecule has 0 unspecified atom stereocenters. The van der Waals surface area contributed by atoms with Crippen LogP contribution in [-0.2, 0) is 11.2 Å². The third kappa shape index (κ3) is 3.51. The maximum atomic E-state index is 14.0. The van der Waals surface area contributed by atoms with Gasteiger partial charge in [0.2, 0.25) is 5.91 Å². The van der Waals surface area contributed by atoms with Gasteiger partial charge in [-0.1, -0.05) is 12.1 Å². The Morgan fingerprint density at radius 1 is 1.34 bits per heavy atom. The fourth-order valence-corrected chi connectivity index (χ4v) is 4.65. The molecular formula is C21H19FN4O2S. The largest absolute Gasteiger partial charge is 0.368 e. The molecule has 2 N–H and O–H groups in total. The second kappa shape index (κ2) is 7.71. The van der Waals surface area contributed by atoms with Crippen molar-refractivity contribution in [1.82, 2.24) is 14.9 Å². The first kappa shape index (κ1) is 19.2. The molecule has 0 spiro atoms. The number of fused-ring (bicyclic) bond motifs is 1. The summed E-state index contributed by atoms with van der Waals surface area (Å²) in [6.07, 6.45) is 4.37. The van der Waals surface area contributed by atoms with E-state index < -0.39 is 18.0 Å². The van der Waals surface area contributed by atoms with E-state index in [0.29, 0.717) is 34.5 Å². The average Bonchev–Trinajstić information content (AvgIpc) is 3.31. The highest BCUT2D eigenvalue weighted by Gasteiger charge is 2.40. The van der Waals surface area contributed by atoms with Crippen molar-refractivity contribution in [1.29, 1.82) is 0 Å². The number of nitrogens with zero attached hydrogens (tertiary/aromatic N) is 3. The van der Waals surface area contributed by atoms with Crippen LogP contribution in [0, 0.1) is 12.7 Å². The minimum atomic E-state index is -1.03. The fraction of sp³-hybridized carbons (Fsp3) is 0.238. The smallest absolute Gasteiger partial charge is 0.267 e. The molecule has 1 aliphatic rings. The number of hydrogen-bond acceptors (Lipinski definition) is 5. The highest BCUT2D eigenvalue weighted by molar-refractivity contribution is 7.11. The van der Waals surface area contributed by atoms with Crippen LogP contribution in [0.3, 0.4) is 0 Å². The molecule has 6 nitrogen and oxygen atoms in total. The third-order valence-corrected chi connectivity index (χ3v) is 6.13. The molecule has 0 bridgehead atoms. The number of amides is 2. The number of rotatable bonds is 5. The van der Waals surface area contributed by atoms with Crippen molar-refractivity contribution in [3.05, 3.63) is 81.3 Å². The lowest BCUT2D eigenvalue weighted by molar-refractivity contribution is -0.123. The van der Waals surface area contributed by atoms with E-state index in [-0.39, 0.29) is 11.7 Å². The minimum Gasteiger partial charge on any atom is -0.368 e. The van der Waals surface area contributed by atoms with Gasteiger partial charge in [-0.15, -0.1) is 11.3 Å². The number of carbonyl (C=O) groups is 2. The van der Waals surface area contributed by atoms with Gasteiger partial charge < -0.3 is 10.6 Å². The van der Waals surface area contributed by atoms with Crippen LogP contribution in [0.15, 0.2) is 48.2 Å². The molecule has 8 heteroatoms. The van der Waals surface area contributed by atoms with Crippen molar-refractivity contribution in [2.45, 2.75) is 31.8 Å². The molecule has 2 aromatic heterocycles. The summed E-state index contributed by atoms with van der Waals surface area (Å²) < 4.78 is 14.0. The second-order valence-corrected chi connectivity index (χ2v) is 7.82. The standard InChI is InChI=1S/C21H19FN4O2S/c1-12-19(29-11-25-12)21(28)26(18(20(23)27)14-3-2-8-24-10-14)17-7-5-13-4-6-15(22)9-16(13)17/h2-4,6,8-11,17-18H,5,7H2,1H3,(H2,23,27)/t17-,18-/m1/s1. The van der Waals surface area contributed by atoms with Gasteiger partial charge in [0.15, 0.2) is 0 Å². The van der Waals surface area contributed by atoms with E-state index in [4.69, 9.17) is 5.73 Å². The van der Waals surface area contributed by atoms with Gasteiger partial charge in [-0.05, 0) is 49.1 Å². The van der Waals surface area contributed by atoms with E-state index in [2.05, 4.69) is 9.97 Å². The predicted molar refractivity (Wildman–Crippen MR) is 107 cm³/mol. The first-order valence-electron chi connectivity index (χ1n) is 9.17. The van der Waals surface area contributed by atoms with Crippen LogP contribution < -0.4 is 5.73 Å². The van der Waals surface area contributed by atoms with Crippen LogP contribution in [0.4, 0.5) is 4.39 Å². The van der Waals surface area contributed by atoms with Crippen molar-refractivity contribution >= 4 is 23.2 Å². The molecule has 0 radical (unpaired) electrons. The number of pyridine rings is 1. The molecule has 2 heterocycles. The molecule has 0 aliphatic heterocycles. The van der Waals surface area contributed by atoms with Gasteiger partial charge in [-0.25, -0.2) is 9.37 Å². The Balaban J connectivity index is 1.87.